The maximum absolute atomic E-state index is 12.8. The first kappa shape index (κ1) is 19.6. The Kier molecular flexibility index (Phi) is 6.37. The molecule has 136 valence electrons. The molecule has 1 aromatic heterocycles. The molecule has 0 saturated carbocycles. The minimum Gasteiger partial charge on any atom is -0.325 e. The molecule has 0 spiro atoms. The summed E-state index contributed by atoms with van der Waals surface area (Å²) in [6, 6.07) is 7.03. The minimum absolute atomic E-state index is 0.151. The van der Waals surface area contributed by atoms with Crippen LogP contribution in [0.5, 0.6) is 0 Å². The number of nitrogens with zero attached hydrogens (tertiary/aromatic N) is 1. The highest BCUT2D eigenvalue weighted by molar-refractivity contribution is 7.89. The van der Waals surface area contributed by atoms with Gasteiger partial charge in [0, 0.05) is 23.7 Å². The van der Waals surface area contributed by atoms with Gasteiger partial charge in [0.2, 0.25) is 15.9 Å². The third-order valence-corrected chi connectivity index (χ3v) is 7.08. The van der Waals surface area contributed by atoms with E-state index in [2.05, 4.69) is 5.32 Å². The lowest BCUT2D eigenvalue weighted by Crippen LogP contribution is -2.30. The van der Waals surface area contributed by atoms with Crippen LogP contribution in [0.1, 0.15) is 29.9 Å². The summed E-state index contributed by atoms with van der Waals surface area (Å²) in [4.78, 5) is 13.5. The quantitative estimate of drug-likeness (QED) is 0.798. The van der Waals surface area contributed by atoms with Gasteiger partial charge < -0.3 is 5.32 Å². The number of anilines is 1. The molecule has 2 aromatic rings. The molecule has 1 aromatic carbocycles. The SMILES string of the molecule is CCN(CC)S(=O)(=O)c1cc(C)c(C)c(NC(=O)Cc2cccs2)c1. The van der Waals surface area contributed by atoms with Crippen molar-refractivity contribution in [2.24, 2.45) is 0 Å². The zero-order valence-corrected chi connectivity index (χ0v) is 16.6. The first-order chi connectivity index (χ1) is 11.8. The number of carbonyl (C=O) groups excluding carboxylic acids is 1. The van der Waals surface area contributed by atoms with Crippen LogP contribution in [0.25, 0.3) is 0 Å². The van der Waals surface area contributed by atoms with Crippen molar-refractivity contribution in [2.75, 3.05) is 18.4 Å². The Morgan fingerprint density at radius 3 is 2.44 bits per heavy atom. The lowest BCUT2D eigenvalue weighted by atomic mass is 10.1. The van der Waals surface area contributed by atoms with E-state index in [0.29, 0.717) is 18.8 Å². The number of sulfonamides is 1. The van der Waals surface area contributed by atoms with Crippen molar-refractivity contribution in [3.8, 4) is 0 Å². The fraction of sp³-hybridized carbons (Fsp3) is 0.389. The van der Waals surface area contributed by atoms with E-state index < -0.39 is 10.0 Å². The van der Waals surface area contributed by atoms with E-state index in [1.165, 1.54) is 15.6 Å². The van der Waals surface area contributed by atoms with Gasteiger partial charge in [0.05, 0.1) is 11.3 Å². The molecule has 5 nitrogen and oxygen atoms in total. The van der Waals surface area contributed by atoms with E-state index in [1.807, 2.05) is 45.2 Å². The third-order valence-electron chi connectivity index (χ3n) is 4.17. The van der Waals surface area contributed by atoms with Gasteiger partial charge in [-0.1, -0.05) is 19.9 Å². The van der Waals surface area contributed by atoms with E-state index in [4.69, 9.17) is 0 Å². The predicted octanol–water partition coefficient (Wildman–Crippen LogP) is 3.58. The summed E-state index contributed by atoms with van der Waals surface area (Å²) in [5.74, 6) is -0.151. The number of thiophene rings is 1. The van der Waals surface area contributed by atoms with Gasteiger partial charge in [-0.15, -0.1) is 11.3 Å². The topological polar surface area (TPSA) is 66.5 Å². The highest BCUT2D eigenvalue weighted by atomic mass is 32.2. The molecule has 25 heavy (non-hydrogen) atoms. The summed E-state index contributed by atoms with van der Waals surface area (Å²) in [5, 5.41) is 4.79. The van der Waals surface area contributed by atoms with Crippen LogP contribution >= 0.6 is 11.3 Å². The number of aryl methyl sites for hydroxylation is 1. The van der Waals surface area contributed by atoms with Crippen molar-refractivity contribution in [2.45, 2.75) is 39.0 Å². The first-order valence-electron chi connectivity index (χ1n) is 8.23. The van der Waals surface area contributed by atoms with Gasteiger partial charge in [-0.25, -0.2) is 8.42 Å². The number of hydrogen-bond donors (Lipinski definition) is 1. The second-order valence-electron chi connectivity index (χ2n) is 5.81. The maximum atomic E-state index is 12.8. The van der Waals surface area contributed by atoms with Crippen molar-refractivity contribution in [3.05, 3.63) is 45.6 Å². The highest BCUT2D eigenvalue weighted by Gasteiger charge is 2.23. The first-order valence-corrected chi connectivity index (χ1v) is 10.5. The van der Waals surface area contributed by atoms with Crippen LogP contribution < -0.4 is 5.32 Å². The normalized spacial score (nSPS) is 11.7. The summed E-state index contributed by atoms with van der Waals surface area (Å²) in [6.45, 7) is 8.17. The van der Waals surface area contributed by atoms with Crippen LogP contribution in [0, 0.1) is 13.8 Å². The standard InChI is InChI=1S/C18H24N2O3S2/c1-5-20(6-2)25(22,23)16-10-13(3)14(4)17(12-16)19-18(21)11-15-8-7-9-24-15/h7-10,12H,5-6,11H2,1-4H3,(H,19,21). The molecule has 0 fully saturated rings. The maximum Gasteiger partial charge on any atom is 0.243 e. The average molecular weight is 381 g/mol. The minimum atomic E-state index is -3.56. The summed E-state index contributed by atoms with van der Waals surface area (Å²) in [6.07, 6.45) is 0.281. The molecule has 0 atom stereocenters. The van der Waals surface area contributed by atoms with Crippen LogP contribution in [-0.2, 0) is 21.2 Å². The van der Waals surface area contributed by atoms with Crippen LogP contribution in [0.2, 0.25) is 0 Å². The Hall–Kier alpha value is -1.70. The Morgan fingerprint density at radius 2 is 1.88 bits per heavy atom. The lowest BCUT2D eigenvalue weighted by Gasteiger charge is -2.20. The van der Waals surface area contributed by atoms with Crippen LogP contribution in [0.3, 0.4) is 0 Å². The number of benzene rings is 1. The molecule has 0 aliphatic heterocycles. The van der Waals surface area contributed by atoms with Crippen molar-refractivity contribution in [1.29, 1.82) is 0 Å². The second kappa shape index (κ2) is 8.12. The molecule has 0 bridgehead atoms. The molecule has 0 aliphatic rings. The average Bonchev–Trinajstić information content (AvgIpc) is 3.05. The van der Waals surface area contributed by atoms with Gasteiger partial charge in [0.1, 0.15) is 0 Å². The van der Waals surface area contributed by atoms with E-state index >= 15 is 0 Å². The summed E-state index contributed by atoms with van der Waals surface area (Å²) < 4.78 is 26.9. The Morgan fingerprint density at radius 1 is 1.20 bits per heavy atom. The predicted molar refractivity (Wildman–Crippen MR) is 103 cm³/mol. The van der Waals surface area contributed by atoms with E-state index in [0.717, 1.165) is 16.0 Å². The van der Waals surface area contributed by atoms with Gasteiger partial charge in [0.25, 0.3) is 0 Å². The largest absolute Gasteiger partial charge is 0.325 e. The van der Waals surface area contributed by atoms with Crippen LogP contribution in [-0.4, -0.2) is 31.7 Å². The number of amides is 1. The van der Waals surface area contributed by atoms with Gasteiger partial charge in [-0.3, -0.25) is 4.79 Å². The number of rotatable bonds is 7. The number of nitrogens with one attached hydrogen (secondary N) is 1. The molecule has 1 heterocycles. The van der Waals surface area contributed by atoms with Crippen molar-refractivity contribution < 1.29 is 13.2 Å². The monoisotopic (exact) mass is 380 g/mol. The lowest BCUT2D eigenvalue weighted by molar-refractivity contribution is -0.115. The molecule has 0 aliphatic carbocycles. The molecular formula is C18H24N2O3S2. The fourth-order valence-corrected chi connectivity index (χ4v) is 4.86. The highest BCUT2D eigenvalue weighted by Crippen LogP contribution is 2.26. The Balaban J connectivity index is 2.33. The molecule has 0 unspecified atom stereocenters. The van der Waals surface area contributed by atoms with Crippen molar-refractivity contribution in [3.63, 3.8) is 0 Å². The Bertz CT molecular complexity index is 839. The molecule has 2 rings (SSSR count). The zero-order valence-electron chi connectivity index (χ0n) is 15.0. The van der Waals surface area contributed by atoms with Crippen LogP contribution in [0.15, 0.2) is 34.5 Å². The molecular weight excluding hydrogens is 356 g/mol. The summed E-state index contributed by atoms with van der Waals surface area (Å²) >= 11 is 1.52. The number of carbonyl (C=O) groups is 1. The van der Waals surface area contributed by atoms with Gasteiger partial charge in [0.15, 0.2) is 0 Å². The van der Waals surface area contributed by atoms with Crippen LogP contribution in [0.4, 0.5) is 5.69 Å². The van der Waals surface area contributed by atoms with Gasteiger partial charge >= 0.3 is 0 Å². The molecule has 1 amide bonds. The molecule has 0 radical (unpaired) electrons. The number of hydrogen-bond acceptors (Lipinski definition) is 4. The van der Waals surface area contributed by atoms with Crippen molar-refractivity contribution in [1.82, 2.24) is 4.31 Å². The molecule has 1 N–H and O–H groups in total. The van der Waals surface area contributed by atoms with E-state index in [-0.39, 0.29) is 17.2 Å². The van der Waals surface area contributed by atoms with Crippen molar-refractivity contribution >= 4 is 33.0 Å². The Labute approximate surface area is 153 Å². The fourth-order valence-electron chi connectivity index (χ4n) is 2.58. The third kappa shape index (κ3) is 4.48. The summed E-state index contributed by atoms with van der Waals surface area (Å²) in [7, 11) is -3.56. The summed E-state index contributed by atoms with van der Waals surface area (Å²) in [5.41, 5.74) is 2.25. The molecule has 0 saturated heterocycles. The van der Waals surface area contributed by atoms with E-state index in [9.17, 15) is 13.2 Å². The smallest absolute Gasteiger partial charge is 0.243 e. The molecule has 7 heteroatoms. The van der Waals surface area contributed by atoms with Gasteiger partial charge in [-0.05, 0) is 48.6 Å². The second-order valence-corrected chi connectivity index (χ2v) is 8.78. The van der Waals surface area contributed by atoms with E-state index in [1.54, 1.807) is 12.1 Å². The van der Waals surface area contributed by atoms with Gasteiger partial charge in [-0.2, -0.15) is 4.31 Å². The zero-order chi connectivity index (χ0) is 18.6.